The number of ether oxygens (including phenoxy) is 1. The Balaban J connectivity index is 2.25. The zero-order chi connectivity index (χ0) is 12.5. The SMILES string of the molecule is COc1cccc(-n2c[n+](C)c3ccccc32)c1. The maximum Gasteiger partial charge on any atom is 0.249 e. The van der Waals surface area contributed by atoms with E-state index in [1.807, 2.05) is 18.2 Å². The zero-order valence-corrected chi connectivity index (χ0v) is 10.5. The molecule has 1 aromatic heterocycles. The third kappa shape index (κ3) is 1.64. The standard InChI is InChI=1S/C15H15N2O/c1-16-11-17(15-9-4-3-8-14(15)16)12-6-5-7-13(10-12)18-2/h3-11H,1-2H3/q+1. The molecule has 3 aromatic rings. The molecule has 0 N–H and O–H groups in total. The van der Waals surface area contributed by atoms with E-state index in [0.717, 1.165) is 11.4 Å². The minimum Gasteiger partial charge on any atom is -0.497 e. The van der Waals surface area contributed by atoms with Gasteiger partial charge < -0.3 is 4.74 Å². The Bertz CT molecular complexity index is 701. The second-order valence-corrected chi connectivity index (χ2v) is 4.29. The van der Waals surface area contributed by atoms with Gasteiger partial charge in [0.15, 0.2) is 11.0 Å². The Morgan fingerprint density at radius 3 is 2.72 bits per heavy atom. The van der Waals surface area contributed by atoms with Crippen LogP contribution in [-0.4, -0.2) is 11.7 Å². The molecule has 0 aliphatic rings. The average Bonchev–Trinajstić information content (AvgIpc) is 2.77. The molecule has 0 amide bonds. The van der Waals surface area contributed by atoms with Gasteiger partial charge in [-0.25, -0.2) is 4.57 Å². The molecule has 90 valence electrons. The quantitative estimate of drug-likeness (QED) is 0.628. The van der Waals surface area contributed by atoms with Crippen molar-refractivity contribution >= 4 is 11.0 Å². The summed E-state index contributed by atoms with van der Waals surface area (Å²) in [6.07, 6.45) is 2.08. The summed E-state index contributed by atoms with van der Waals surface area (Å²) < 4.78 is 9.56. The van der Waals surface area contributed by atoms with Crippen LogP contribution in [0.2, 0.25) is 0 Å². The highest BCUT2D eigenvalue weighted by molar-refractivity contribution is 5.74. The summed E-state index contributed by atoms with van der Waals surface area (Å²) in [7, 11) is 3.74. The van der Waals surface area contributed by atoms with Gasteiger partial charge in [0, 0.05) is 6.07 Å². The number of rotatable bonds is 2. The topological polar surface area (TPSA) is 18.0 Å². The second-order valence-electron chi connectivity index (χ2n) is 4.29. The summed E-state index contributed by atoms with van der Waals surface area (Å²) in [6, 6.07) is 16.4. The molecule has 0 atom stereocenters. The van der Waals surface area contributed by atoms with E-state index >= 15 is 0 Å². The number of aryl methyl sites for hydroxylation is 1. The van der Waals surface area contributed by atoms with Crippen LogP contribution in [0, 0.1) is 0 Å². The highest BCUT2D eigenvalue weighted by Crippen LogP contribution is 2.20. The predicted octanol–water partition coefficient (Wildman–Crippen LogP) is 2.46. The Morgan fingerprint density at radius 1 is 1.06 bits per heavy atom. The van der Waals surface area contributed by atoms with E-state index in [9.17, 15) is 0 Å². The van der Waals surface area contributed by atoms with Crippen molar-refractivity contribution in [3.8, 4) is 11.4 Å². The number of para-hydroxylation sites is 2. The zero-order valence-electron chi connectivity index (χ0n) is 10.5. The molecular formula is C15H15N2O+. The average molecular weight is 239 g/mol. The van der Waals surface area contributed by atoms with Crippen molar-refractivity contribution in [3.05, 3.63) is 54.9 Å². The van der Waals surface area contributed by atoms with Gasteiger partial charge >= 0.3 is 0 Å². The summed E-state index contributed by atoms with van der Waals surface area (Å²) in [4.78, 5) is 0. The van der Waals surface area contributed by atoms with Crippen molar-refractivity contribution < 1.29 is 9.30 Å². The lowest BCUT2D eigenvalue weighted by Crippen LogP contribution is -2.25. The smallest absolute Gasteiger partial charge is 0.249 e. The molecule has 3 nitrogen and oxygen atoms in total. The van der Waals surface area contributed by atoms with Crippen molar-refractivity contribution in [1.82, 2.24) is 4.57 Å². The number of benzene rings is 2. The lowest BCUT2D eigenvalue weighted by Gasteiger charge is -2.01. The van der Waals surface area contributed by atoms with E-state index in [1.165, 1.54) is 11.0 Å². The van der Waals surface area contributed by atoms with Crippen LogP contribution < -0.4 is 9.30 Å². The molecule has 1 heterocycles. The predicted molar refractivity (Wildman–Crippen MR) is 71.0 cm³/mol. The van der Waals surface area contributed by atoms with Gasteiger partial charge in [0.25, 0.3) is 0 Å². The van der Waals surface area contributed by atoms with E-state index < -0.39 is 0 Å². The fraction of sp³-hybridized carbons (Fsp3) is 0.133. The normalized spacial score (nSPS) is 10.8. The van der Waals surface area contributed by atoms with E-state index in [-0.39, 0.29) is 0 Å². The first kappa shape index (κ1) is 10.8. The van der Waals surface area contributed by atoms with Gasteiger partial charge in [-0.1, -0.05) is 18.2 Å². The van der Waals surface area contributed by atoms with Crippen LogP contribution >= 0.6 is 0 Å². The highest BCUT2D eigenvalue weighted by Gasteiger charge is 2.14. The molecule has 0 aliphatic heterocycles. The molecule has 3 heteroatoms. The van der Waals surface area contributed by atoms with E-state index in [2.05, 4.69) is 52.8 Å². The van der Waals surface area contributed by atoms with Gasteiger partial charge in [0.2, 0.25) is 6.33 Å². The molecular weight excluding hydrogens is 224 g/mol. The molecule has 0 unspecified atom stereocenters. The van der Waals surface area contributed by atoms with Crippen LogP contribution in [0.25, 0.3) is 16.7 Å². The molecule has 18 heavy (non-hydrogen) atoms. The minimum absolute atomic E-state index is 0.868. The monoisotopic (exact) mass is 239 g/mol. The maximum atomic E-state index is 5.28. The molecule has 0 saturated heterocycles. The largest absolute Gasteiger partial charge is 0.497 e. The fourth-order valence-electron chi connectivity index (χ4n) is 2.23. The van der Waals surface area contributed by atoms with E-state index in [1.54, 1.807) is 7.11 Å². The first-order valence-electron chi connectivity index (χ1n) is 5.90. The molecule has 0 bridgehead atoms. The van der Waals surface area contributed by atoms with Gasteiger partial charge in [0.1, 0.15) is 11.4 Å². The van der Waals surface area contributed by atoms with Gasteiger partial charge in [-0.05, 0) is 24.3 Å². The van der Waals surface area contributed by atoms with Gasteiger partial charge in [-0.3, -0.25) is 0 Å². The molecule has 0 saturated carbocycles. The van der Waals surface area contributed by atoms with Crippen LogP contribution in [0.1, 0.15) is 0 Å². The Labute approximate surface area is 106 Å². The van der Waals surface area contributed by atoms with Gasteiger partial charge in [0.05, 0.1) is 14.2 Å². The number of imidazole rings is 1. The molecule has 0 spiro atoms. The lowest BCUT2D eigenvalue weighted by molar-refractivity contribution is -0.645. The van der Waals surface area contributed by atoms with Crippen LogP contribution in [0.5, 0.6) is 5.75 Å². The fourth-order valence-corrected chi connectivity index (χ4v) is 2.23. The Hall–Kier alpha value is -2.29. The molecule has 2 aromatic carbocycles. The van der Waals surface area contributed by atoms with E-state index in [4.69, 9.17) is 4.74 Å². The number of nitrogens with zero attached hydrogens (tertiary/aromatic N) is 2. The third-order valence-corrected chi connectivity index (χ3v) is 3.14. The number of fused-ring (bicyclic) bond motifs is 1. The van der Waals surface area contributed by atoms with Gasteiger partial charge in [-0.15, -0.1) is 0 Å². The third-order valence-electron chi connectivity index (χ3n) is 3.14. The second kappa shape index (κ2) is 4.18. The number of hydrogen-bond donors (Lipinski definition) is 0. The Kier molecular flexibility index (Phi) is 2.52. The van der Waals surface area contributed by atoms with Crippen molar-refractivity contribution in [2.75, 3.05) is 7.11 Å². The van der Waals surface area contributed by atoms with Crippen LogP contribution in [0.4, 0.5) is 0 Å². The summed E-state index contributed by atoms with van der Waals surface area (Å²) in [5.74, 6) is 0.868. The van der Waals surface area contributed by atoms with Crippen LogP contribution in [-0.2, 0) is 7.05 Å². The van der Waals surface area contributed by atoms with Gasteiger partial charge in [-0.2, -0.15) is 4.57 Å². The van der Waals surface area contributed by atoms with E-state index in [0.29, 0.717) is 0 Å². The summed E-state index contributed by atoms with van der Waals surface area (Å²) in [5.41, 5.74) is 3.50. The number of hydrogen-bond acceptors (Lipinski definition) is 1. The lowest BCUT2D eigenvalue weighted by atomic mass is 10.2. The number of aromatic nitrogens is 2. The Morgan fingerprint density at radius 2 is 1.89 bits per heavy atom. The van der Waals surface area contributed by atoms with Crippen molar-refractivity contribution in [1.29, 1.82) is 0 Å². The summed E-state index contributed by atoms with van der Waals surface area (Å²) in [6.45, 7) is 0. The highest BCUT2D eigenvalue weighted by atomic mass is 16.5. The van der Waals surface area contributed by atoms with Crippen molar-refractivity contribution in [2.24, 2.45) is 7.05 Å². The number of methoxy groups -OCH3 is 1. The summed E-state index contributed by atoms with van der Waals surface area (Å²) in [5, 5.41) is 0. The maximum absolute atomic E-state index is 5.28. The molecule has 0 radical (unpaired) electrons. The molecule has 0 aliphatic carbocycles. The first-order chi connectivity index (χ1) is 8.79. The van der Waals surface area contributed by atoms with Crippen molar-refractivity contribution in [3.63, 3.8) is 0 Å². The van der Waals surface area contributed by atoms with Crippen molar-refractivity contribution in [2.45, 2.75) is 0 Å². The van der Waals surface area contributed by atoms with Crippen LogP contribution in [0.3, 0.4) is 0 Å². The van der Waals surface area contributed by atoms with Crippen LogP contribution in [0.15, 0.2) is 54.9 Å². The summed E-state index contributed by atoms with van der Waals surface area (Å²) >= 11 is 0. The minimum atomic E-state index is 0.868. The first-order valence-corrected chi connectivity index (χ1v) is 5.90. The molecule has 0 fully saturated rings. The molecule has 3 rings (SSSR count).